The van der Waals surface area contributed by atoms with Crippen LogP contribution >= 0.6 is 0 Å². The monoisotopic (exact) mass is 501 g/mol. The van der Waals surface area contributed by atoms with Gasteiger partial charge in [-0.2, -0.15) is 0 Å². The third kappa shape index (κ3) is 3.54. The fourth-order valence-electron chi connectivity index (χ4n) is 6.63. The Kier molecular flexibility index (Phi) is 5.50. The van der Waals surface area contributed by atoms with Gasteiger partial charge < -0.3 is 14.4 Å². The Morgan fingerprint density at radius 1 is 0.789 bits per heavy atom. The van der Waals surface area contributed by atoms with E-state index in [2.05, 4.69) is 54.3 Å². The Bertz CT molecular complexity index is 1520. The van der Waals surface area contributed by atoms with E-state index in [4.69, 9.17) is 9.47 Å². The highest BCUT2D eigenvalue weighted by molar-refractivity contribution is 5.97. The molecule has 0 aromatic heterocycles. The van der Waals surface area contributed by atoms with Crippen molar-refractivity contribution in [1.82, 2.24) is 0 Å². The number of benzene rings is 4. The second-order valence-electron chi connectivity index (χ2n) is 10.8. The Labute approximate surface area is 223 Å². The van der Waals surface area contributed by atoms with Gasteiger partial charge in [0.15, 0.2) is 5.60 Å². The quantitative estimate of drug-likeness (QED) is 0.264. The molecule has 1 unspecified atom stereocenters. The number of hydrogen-bond acceptors (Lipinski definition) is 4. The van der Waals surface area contributed by atoms with E-state index in [1.54, 1.807) is 0 Å². The van der Waals surface area contributed by atoms with Crippen molar-refractivity contribution >= 4 is 17.3 Å². The third-order valence-corrected chi connectivity index (χ3v) is 8.46. The SMILES string of the molecule is Cc1cc2c(cc1N(CC1CCCCC1)c1ccccc1)C1(OC(=O)c3ccccc31)c1ccccc1O2. The first-order valence-corrected chi connectivity index (χ1v) is 13.7. The largest absolute Gasteiger partial charge is 0.456 e. The fraction of sp³-hybridized carbons (Fsp3) is 0.265. The summed E-state index contributed by atoms with van der Waals surface area (Å²) in [5, 5.41) is 0. The van der Waals surface area contributed by atoms with E-state index >= 15 is 0 Å². The molecule has 1 saturated carbocycles. The van der Waals surface area contributed by atoms with E-state index < -0.39 is 5.60 Å². The van der Waals surface area contributed by atoms with E-state index in [0.29, 0.717) is 11.5 Å². The summed E-state index contributed by atoms with van der Waals surface area (Å²) >= 11 is 0. The molecule has 2 heterocycles. The molecular weight excluding hydrogens is 470 g/mol. The molecule has 4 heteroatoms. The van der Waals surface area contributed by atoms with Gasteiger partial charge in [-0.05, 0) is 67.6 Å². The Hall–Kier alpha value is -4.05. The molecule has 3 aliphatic rings. The molecule has 0 saturated heterocycles. The Morgan fingerprint density at radius 3 is 2.32 bits per heavy atom. The summed E-state index contributed by atoms with van der Waals surface area (Å²) in [6.07, 6.45) is 6.47. The van der Waals surface area contributed by atoms with Gasteiger partial charge in [-0.15, -0.1) is 0 Å². The number of nitrogens with zero attached hydrogens (tertiary/aromatic N) is 1. The Balaban J connectivity index is 1.44. The summed E-state index contributed by atoms with van der Waals surface area (Å²) in [7, 11) is 0. The van der Waals surface area contributed by atoms with Crippen LogP contribution in [0.25, 0.3) is 0 Å². The van der Waals surface area contributed by atoms with E-state index in [1.165, 1.54) is 37.8 Å². The zero-order chi connectivity index (χ0) is 25.7. The minimum absolute atomic E-state index is 0.299. The molecule has 38 heavy (non-hydrogen) atoms. The molecule has 0 bridgehead atoms. The number of para-hydroxylation sites is 2. The van der Waals surface area contributed by atoms with Crippen LogP contribution in [0.3, 0.4) is 0 Å². The van der Waals surface area contributed by atoms with Crippen molar-refractivity contribution in [3.05, 3.63) is 119 Å². The smallest absolute Gasteiger partial charge is 0.340 e. The van der Waals surface area contributed by atoms with Gasteiger partial charge in [0.2, 0.25) is 0 Å². The van der Waals surface area contributed by atoms with Crippen LogP contribution in [-0.2, 0) is 10.3 Å². The molecule has 0 N–H and O–H groups in total. The van der Waals surface area contributed by atoms with Crippen molar-refractivity contribution in [1.29, 1.82) is 0 Å². The van der Waals surface area contributed by atoms with Gasteiger partial charge in [0.1, 0.15) is 11.5 Å². The van der Waals surface area contributed by atoms with Crippen molar-refractivity contribution in [3.63, 3.8) is 0 Å². The minimum Gasteiger partial charge on any atom is -0.456 e. The van der Waals surface area contributed by atoms with E-state index in [0.717, 1.165) is 46.0 Å². The van der Waals surface area contributed by atoms with Crippen LogP contribution in [0, 0.1) is 12.8 Å². The third-order valence-electron chi connectivity index (χ3n) is 8.46. The molecule has 190 valence electrons. The molecule has 4 aromatic carbocycles. The zero-order valence-electron chi connectivity index (χ0n) is 21.7. The van der Waals surface area contributed by atoms with Crippen molar-refractivity contribution in [3.8, 4) is 11.5 Å². The van der Waals surface area contributed by atoms with E-state index in [9.17, 15) is 4.79 Å². The lowest BCUT2D eigenvalue weighted by Gasteiger charge is -2.38. The van der Waals surface area contributed by atoms with Gasteiger partial charge in [-0.25, -0.2) is 4.79 Å². The highest BCUT2D eigenvalue weighted by Gasteiger charge is 2.53. The number of carbonyl (C=O) groups excluding carboxylic acids is 1. The average molecular weight is 502 g/mol. The van der Waals surface area contributed by atoms with Crippen molar-refractivity contribution in [2.45, 2.75) is 44.6 Å². The molecule has 7 rings (SSSR count). The molecule has 0 amide bonds. The highest BCUT2D eigenvalue weighted by Crippen LogP contribution is 2.57. The molecule has 1 spiro atoms. The molecular formula is C34H31NO3. The zero-order valence-corrected chi connectivity index (χ0v) is 21.7. The van der Waals surface area contributed by atoms with Crippen molar-refractivity contribution in [2.75, 3.05) is 11.4 Å². The van der Waals surface area contributed by atoms with Crippen LogP contribution in [0.5, 0.6) is 11.5 Å². The molecule has 4 nitrogen and oxygen atoms in total. The first-order chi connectivity index (χ1) is 18.6. The number of aryl methyl sites for hydroxylation is 1. The number of hydrogen-bond donors (Lipinski definition) is 0. The van der Waals surface area contributed by atoms with Crippen LogP contribution in [0.2, 0.25) is 0 Å². The van der Waals surface area contributed by atoms with E-state index in [-0.39, 0.29) is 5.97 Å². The van der Waals surface area contributed by atoms with Crippen LogP contribution < -0.4 is 9.64 Å². The normalized spacial score (nSPS) is 19.8. The summed E-state index contributed by atoms with van der Waals surface area (Å²) < 4.78 is 12.9. The molecule has 1 atom stereocenters. The predicted octanol–water partition coefficient (Wildman–Crippen LogP) is 8.28. The number of anilines is 2. The summed E-state index contributed by atoms with van der Waals surface area (Å²) in [6.45, 7) is 3.11. The number of ether oxygens (including phenoxy) is 2. The number of carbonyl (C=O) groups is 1. The van der Waals surface area contributed by atoms with Crippen LogP contribution in [0.1, 0.15) is 64.7 Å². The van der Waals surface area contributed by atoms with E-state index in [1.807, 2.05) is 48.5 Å². The molecule has 1 aliphatic carbocycles. The van der Waals surface area contributed by atoms with Crippen LogP contribution in [-0.4, -0.2) is 12.5 Å². The maximum absolute atomic E-state index is 13.3. The van der Waals surface area contributed by atoms with Gasteiger partial charge in [-0.1, -0.05) is 73.9 Å². The second-order valence-corrected chi connectivity index (χ2v) is 10.8. The van der Waals surface area contributed by atoms with Crippen molar-refractivity contribution < 1.29 is 14.3 Å². The van der Waals surface area contributed by atoms with Crippen molar-refractivity contribution in [2.24, 2.45) is 5.92 Å². The molecule has 2 aliphatic heterocycles. The highest BCUT2D eigenvalue weighted by atomic mass is 16.6. The topological polar surface area (TPSA) is 38.8 Å². The Morgan fingerprint density at radius 2 is 1.50 bits per heavy atom. The van der Waals surface area contributed by atoms with Gasteiger partial charge >= 0.3 is 5.97 Å². The number of esters is 1. The lowest BCUT2D eigenvalue weighted by atomic mass is 9.77. The van der Waals surface area contributed by atoms with Crippen LogP contribution in [0.4, 0.5) is 11.4 Å². The lowest BCUT2D eigenvalue weighted by Crippen LogP contribution is -2.34. The first-order valence-electron chi connectivity index (χ1n) is 13.7. The molecule has 4 aromatic rings. The lowest BCUT2D eigenvalue weighted by molar-refractivity contribution is 0.0224. The predicted molar refractivity (Wildman–Crippen MR) is 149 cm³/mol. The van der Waals surface area contributed by atoms with Gasteiger partial charge in [0.25, 0.3) is 0 Å². The summed E-state index contributed by atoms with van der Waals surface area (Å²) in [5.41, 5.74) is 5.61. The summed E-state index contributed by atoms with van der Waals surface area (Å²) in [6, 6.07) is 30.7. The summed E-state index contributed by atoms with van der Waals surface area (Å²) in [5.74, 6) is 1.81. The van der Waals surface area contributed by atoms with Crippen LogP contribution in [0.15, 0.2) is 91.0 Å². The van der Waals surface area contributed by atoms with Gasteiger partial charge in [0.05, 0.1) is 5.56 Å². The minimum atomic E-state index is -1.05. The maximum atomic E-state index is 13.3. The number of fused-ring (bicyclic) bond motifs is 6. The molecule has 1 fully saturated rings. The number of rotatable bonds is 4. The second kappa shape index (κ2) is 9.05. The fourth-order valence-corrected chi connectivity index (χ4v) is 6.63. The van der Waals surface area contributed by atoms with Gasteiger partial charge in [0, 0.05) is 34.6 Å². The molecule has 0 radical (unpaired) electrons. The maximum Gasteiger partial charge on any atom is 0.340 e. The average Bonchev–Trinajstić information content (AvgIpc) is 3.26. The summed E-state index contributed by atoms with van der Waals surface area (Å²) in [4.78, 5) is 15.7. The first kappa shape index (κ1) is 23.1. The van der Waals surface area contributed by atoms with Gasteiger partial charge in [-0.3, -0.25) is 0 Å². The standard InChI is InChI=1S/C34H31NO3/c1-23-20-32-29(21-30(23)35(25-14-6-3-7-15-25)22-24-12-4-2-5-13-24)34(28-18-10-11-19-31(28)37-32)27-17-9-8-16-26(27)33(36)38-34/h3,6-11,14-21,24H,2,4-5,12-13,22H2,1H3.